The Bertz CT molecular complexity index is 985. The molecule has 4 rings (SSSR count). The molecule has 0 bridgehead atoms. The molecule has 0 radical (unpaired) electrons. The Morgan fingerprint density at radius 2 is 1.64 bits per heavy atom. The number of ether oxygens (including phenoxy) is 1. The molecule has 1 saturated carbocycles. The molecule has 2 aliphatic carbocycles. The smallest absolute Gasteiger partial charge is 0.407 e. The Kier molecular flexibility index (Phi) is 6.96. The zero-order chi connectivity index (χ0) is 23.4. The number of unbranched alkanes of at least 4 members (excludes halogenated alkanes) is 1. The van der Waals surface area contributed by atoms with Gasteiger partial charge in [-0.15, -0.1) is 0 Å². The molecule has 2 aromatic carbocycles. The van der Waals surface area contributed by atoms with Crippen molar-refractivity contribution in [2.24, 2.45) is 5.92 Å². The molecule has 174 valence electrons. The molecule has 2 aromatic rings. The van der Waals surface area contributed by atoms with E-state index in [1.54, 1.807) is 0 Å². The predicted molar refractivity (Wildman–Crippen MR) is 124 cm³/mol. The first-order chi connectivity index (χ1) is 16.0. The summed E-state index contributed by atoms with van der Waals surface area (Å²) in [6.07, 6.45) is 2.51. The van der Waals surface area contributed by atoms with Crippen molar-refractivity contribution in [2.75, 3.05) is 6.61 Å². The van der Waals surface area contributed by atoms with E-state index in [-0.39, 0.29) is 30.4 Å². The van der Waals surface area contributed by atoms with Crippen molar-refractivity contribution in [3.63, 3.8) is 0 Å². The molecule has 7 heteroatoms. The lowest BCUT2D eigenvalue weighted by Gasteiger charge is -2.35. The van der Waals surface area contributed by atoms with E-state index in [1.807, 2.05) is 31.2 Å². The number of alkyl carbamates (subject to hydrolysis) is 1. The molecule has 0 saturated heterocycles. The highest BCUT2D eigenvalue weighted by Crippen LogP contribution is 2.44. The van der Waals surface area contributed by atoms with E-state index in [0.717, 1.165) is 24.0 Å². The summed E-state index contributed by atoms with van der Waals surface area (Å²) in [4.78, 5) is 36.1. The van der Waals surface area contributed by atoms with Gasteiger partial charge in [-0.25, -0.2) is 9.59 Å². The second kappa shape index (κ2) is 10.1. The first kappa shape index (κ1) is 22.8. The third-order valence-electron chi connectivity index (χ3n) is 6.64. The van der Waals surface area contributed by atoms with Gasteiger partial charge in [0.2, 0.25) is 5.91 Å². The van der Waals surface area contributed by atoms with Crippen molar-refractivity contribution in [1.82, 2.24) is 10.6 Å². The van der Waals surface area contributed by atoms with E-state index in [1.165, 1.54) is 11.1 Å². The molecule has 0 aromatic heterocycles. The van der Waals surface area contributed by atoms with E-state index >= 15 is 0 Å². The summed E-state index contributed by atoms with van der Waals surface area (Å²) in [5.74, 6) is -1.56. The second-order valence-corrected chi connectivity index (χ2v) is 8.88. The van der Waals surface area contributed by atoms with Gasteiger partial charge >= 0.3 is 12.1 Å². The van der Waals surface area contributed by atoms with Crippen molar-refractivity contribution in [2.45, 2.75) is 57.0 Å². The van der Waals surface area contributed by atoms with Crippen molar-refractivity contribution in [3.05, 3.63) is 59.7 Å². The maximum Gasteiger partial charge on any atom is 0.407 e. The molecule has 0 unspecified atom stereocenters. The quantitative estimate of drug-likeness (QED) is 0.534. The van der Waals surface area contributed by atoms with E-state index in [0.29, 0.717) is 19.3 Å². The molecule has 33 heavy (non-hydrogen) atoms. The number of carbonyl (C=O) groups is 3. The molecule has 3 N–H and O–H groups in total. The van der Waals surface area contributed by atoms with Crippen LogP contribution in [0.2, 0.25) is 0 Å². The van der Waals surface area contributed by atoms with Gasteiger partial charge in [0.25, 0.3) is 0 Å². The predicted octanol–water partition coefficient (Wildman–Crippen LogP) is 4.06. The minimum Gasteiger partial charge on any atom is -0.480 e. The van der Waals surface area contributed by atoms with Gasteiger partial charge in [0.1, 0.15) is 12.6 Å². The zero-order valence-electron chi connectivity index (χ0n) is 18.8. The van der Waals surface area contributed by atoms with Gasteiger partial charge in [0.05, 0.1) is 0 Å². The normalized spacial score (nSPS) is 19.5. The average molecular weight is 451 g/mol. The van der Waals surface area contributed by atoms with E-state index in [9.17, 15) is 19.5 Å². The summed E-state index contributed by atoms with van der Waals surface area (Å²) >= 11 is 0. The fourth-order valence-electron chi connectivity index (χ4n) is 4.71. The molecule has 0 heterocycles. The lowest BCUT2D eigenvalue weighted by molar-refractivity contribution is -0.143. The SMILES string of the molecule is CCCC[C@H](NC(=O)C1CC(NC(=O)OCC2c3ccccc3-c3ccccc32)C1)C(=O)O. The number of benzene rings is 2. The van der Waals surface area contributed by atoms with Crippen LogP contribution in [0.4, 0.5) is 4.79 Å². The molecule has 7 nitrogen and oxygen atoms in total. The van der Waals surface area contributed by atoms with E-state index < -0.39 is 18.1 Å². The minimum absolute atomic E-state index is 0.000797. The average Bonchev–Trinajstić information content (AvgIpc) is 3.10. The monoisotopic (exact) mass is 450 g/mol. The van der Waals surface area contributed by atoms with Crippen LogP contribution in [-0.2, 0) is 14.3 Å². The van der Waals surface area contributed by atoms with Gasteiger partial charge in [-0.1, -0.05) is 68.3 Å². The van der Waals surface area contributed by atoms with Crippen molar-refractivity contribution >= 4 is 18.0 Å². The second-order valence-electron chi connectivity index (χ2n) is 8.88. The molecular weight excluding hydrogens is 420 g/mol. The van der Waals surface area contributed by atoms with Crippen LogP contribution < -0.4 is 10.6 Å². The van der Waals surface area contributed by atoms with Gasteiger partial charge < -0.3 is 20.5 Å². The minimum atomic E-state index is -1.01. The molecule has 2 amide bonds. The fourth-order valence-corrected chi connectivity index (χ4v) is 4.71. The number of carboxylic acids is 1. The first-order valence-electron chi connectivity index (χ1n) is 11.6. The molecular formula is C26H30N2O5. The van der Waals surface area contributed by atoms with Crippen LogP contribution >= 0.6 is 0 Å². The van der Waals surface area contributed by atoms with Crippen molar-refractivity contribution < 1.29 is 24.2 Å². The maximum atomic E-state index is 12.4. The van der Waals surface area contributed by atoms with Crippen LogP contribution in [0.3, 0.4) is 0 Å². The summed E-state index contributed by atoms with van der Waals surface area (Å²) in [6, 6.07) is 15.3. The van der Waals surface area contributed by atoms with Crippen molar-refractivity contribution in [3.8, 4) is 11.1 Å². The molecule has 1 fully saturated rings. The number of aliphatic carboxylic acids is 1. The van der Waals surface area contributed by atoms with Crippen molar-refractivity contribution in [1.29, 1.82) is 0 Å². The molecule has 0 spiro atoms. The first-order valence-corrected chi connectivity index (χ1v) is 11.6. The van der Waals surface area contributed by atoms with Crippen LogP contribution in [0.25, 0.3) is 11.1 Å². The lowest BCUT2D eigenvalue weighted by atomic mass is 9.79. The Morgan fingerprint density at radius 3 is 2.21 bits per heavy atom. The zero-order valence-corrected chi connectivity index (χ0v) is 18.8. The topological polar surface area (TPSA) is 105 Å². The number of rotatable bonds is 9. The van der Waals surface area contributed by atoms with Crippen LogP contribution in [0.5, 0.6) is 0 Å². The highest BCUT2D eigenvalue weighted by atomic mass is 16.5. The number of carbonyl (C=O) groups excluding carboxylic acids is 2. The number of amides is 2. The fraction of sp³-hybridized carbons (Fsp3) is 0.423. The summed E-state index contributed by atoms with van der Waals surface area (Å²) in [5.41, 5.74) is 4.66. The summed E-state index contributed by atoms with van der Waals surface area (Å²) in [6.45, 7) is 2.22. The van der Waals surface area contributed by atoms with Crippen LogP contribution in [-0.4, -0.2) is 41.8 Å². The Balaban J connectivity index is 1.24. The molecule has 2 aliphatic rings. The molecule has 1 atom stereocenters. The lowest BCUT2D eigenvalue weighted by Crippen LogP contribution is -2.52. The van der Waals surface area contributed by atoms with E-state index in [4.69, 9.17) is 4.74 Å². The third kappa shape index (κ3) is 5.02. The number of hydrogen-bond acceptors (Lipinski definition) is 4. The Labute approximate surface area is 193 Å². The maximum absolute atomic E-state index is 12.4. The van der Waals surface area contributed by atoms with Crippen LogP contribution in [0.15, 0.2) is 48.5 Å². The summed E-state index contributed by atoms with van der Waals surface area (Å²) in [5, 5.41) is 14.7. The van der Waals surface area contributed by atoms with Gasteiger partial charge in [-0.3, -0.25) is 4.79 Å². The standard InChI is InChI=1S/C26H30N2O5/c1-2-3-12-23(25(30)31)28-24(29)16-13-17(14-16)27-26(32)33-15-22-20-10-6-4-8-18(20)19-9-5-7-11-21(19)22/h4-11,16-17,22-23H,2-3,12-15H2,1H3,(H,27,32)(H,28,29)(H,30,31)/t16?,17?,23-/m0/s1. The Morgan fingerprint density at radius 1 is 1.03 bits per heavy atom. The number of hydrogen-bond donors (Lipinski definition) is 3. The largest absolute Gasteiger partial charge is 0.480 e. The van der Waals surface area contributed by atoms with Gasteiger partial charge in [-0.2, -0.15) is 0 Å². The van der Waals surface area contributed by atoms with Gasteiger partial charge in [0, 0.05) is 17.9 Å². The van der Waals surface area contributed by atoms with E-state index in [2.05, 4.69) is 34.9 Å². The molecule has 0 aliphatic heterocycles. The summed E-state index contributed by atoms with van der Waals surface area (Å²) < 4.78 is 5.55. The highest BCUT2D eigenvalue weighted by molar-refractivity contribution is 5.85. The number of fused-ring (bicyclic) bond motifs is 3. The Hall–Kier alpha value is -3.35. The van der Waals surface area contributed by atoms with Crippen LogP contribution in [0.1, 0.15) is 56.1 Å². The number of nitrogens with one attached hydrogen (secondary N) is 2. The van der Waals surface area contributed by atoms with Gasteiger partial charge in [-0.05, 0) is 41.5 Å². The van der Waals surface area contributed by atoms with Gasteiger partial charge in [0.15, 0.2) is 0 Å². The number of carboxylic acid groups (broad SMARTS) is 1. The van der Waals surface area contributed by atoms with Crippen LogP contribution in [0, 0.1) is 5.92 Å². The third-order valence-corrected chi connectivity index (χ3v) is 6.64. The summed E-state index contributed by atoms with van der Waals surface area (Å²) in [7, 11) is 0. The highest BCUT2D eigenvalue weighted by Gasteiger charge is 2.37.